The topological polar surface area (TPSA) is 82.8 Å². The summed E-state index contributed by atoms with van der Waals surface area (Å²) in [6, 6.07) is 14.8. The number of rotatable bonds is 5. The third kappa shape index (κ3) is 4.89. The zero-order valence-electron chi connectivity index (χ0n) is 15.1. The second-order valence-electron chi connectivity index (χ2n) is 6.37. The Kier molecular flexibility index (Phi) is 6.13. The van der Waals surface area contributed by atoms with Gasteiger partial charge in [-0.25, -0.2) is 0 Å². The fourth-order valence-corrected chi connectivity index (χ4v) is 3.38. The van der Waals surface area contributed by atoms with E-state index in [-0.39, 0.29) is 16.7 Å². The fourth-order valence-electron chi connectivity index (χ4n) is 3.19. The van der Waals surface area contributed by atoms with Gasteiger partial charge in [0, 0.05) is 55.1 Å². The molecule has 2 aromatic carbocycles. The molecule has 0 saturated carbocycles. The predicted octanol–water partition coefficient (Wildman–Crippen LogP) is 3.19. The van der Waals surface area contributed by atoms with Crippen molar-refractivity contribution in [3.63, 3.8) is 0 Å². The van der Waals surface area contributed by atoms with E-state index in [0.29, 0.717) is 18.1 Å². The molecule has 0 spiro atoms. The first-order valence-electron chi connectivity index (χ1n) is 8.77. The highest BCUT2D eigenvalue weighted by Gasteiger charge is 2.23. The van der Waals surface area contributed by atoms with Crippen LogP contribution in [0.25, 0.3) is 0 Å². The second-order valence-corrected chi connectivity index (χ2v) is 6.80. The molecule has 0 radical (unpaired) electrons. The second kappa shape index (κ2) is 8.73. The zero-order chi connectivity index (χ0) is 19.2. The molecular formula is C19H22ClN5O2. The lowest BCUT2D eigenvalue weighted by Crippen LogP contribution is -2.44. The van der Waals surface area contributed by atoms with Crippen molar-refractivity contribution in [2.24, 2.45) is 4.99 Å². The molecule has 0 amide bonds. The number of nitrogens with zero attached hydrogens (tertiary/aromatic N) is 3. The maximum absolute atomic E-state index is 11.1. The van der Waals surface area contributed by atoms with Gasteiger partial charge in [0.25, 0.3) is 5.69 Å². The van der Waals surface area contributed by atoms with E-state index in [9.17, 15) is 10.1 Å². The van der Waals surface area contributed by atoms with Crippen LogP contribution in [0.2, 0.25) is 5.02 Å². The van der Waals surface area contributed by atoms with Crippen molar-refractivity contribution in [1.82, 2.24) is 10.6 Å². The Bertz CT molecular complexity index is 842. The van der Waals surface area contributed by atoms with Gasteiger partial charge < -0.3 is 15.5 Å². The van der Waals surface area contributed by atoms with Gasteiger partial charge in [0.2, 0.25) is 0 Å². The molecule has 27 heavy (non-hydrogen) atoms. The third-order valence-corrected chi connectivity index (χ3v) is 4.80. The van der Waals surface area contributed by atoms with Crippen LogP contribution in [0.15, 0.2) is 53.5 Å². The largest absolute Gasteiger partial charge is 0.369 e. The smallest absolute Gasteiger partial charge is 0.274 e. The van der Waals surface area contributed by atoms with Crippen LogP contribution < -0.4 is 15.5 Å². The van der Waals surface area contributed by atoms with Gasteiger partial charge in [-0.2, -0.15) is 0 Å². The number of nitro groups is 1. The van der Waals surface area contributed by atoms with Gasteiger partial charge in [0.15, 0.2) is 5.96 Å². The average molecular weight is 388 g/mol. The lowest BCUT2D eigenvalue weighted by Gasteiger charge is -2.20. The van der Waals surface area contributed by atoms with E-state index in [1.165, 1.54) is 6.07 Å². The van der Waals surface area contributed by atoms with Gasteiger partial charge in [-0.15, -0.1) is 0 Å². The number of nitrogens with one attached hydrogen (secondary N) is 2. The number of nitro benzene ring substituents is 1. The number of benzene rings is 2. The monoisotopic (exact) mass is 387 g/mol. The Morgan fingerprint density at radius 3 is 2.89 bits per heavy atom. The highest BCUT2D eigenvalue weighted by Crippen LogP contribution is 2.23. The fraction of sp³-hybridized carbons (Fsp3) is 0.316. The Morgan fingerprint density at radius 2 is 2.15 bits per heavy atom. The molecule has 0 aromatic heterocycles. The highest BCUT2D eigenvalue weighted by molar-refractivity contribution is 6.30. The summed E-state index contributed by atoms with van der Waals surface area (Å²) in [6.07, 6.45) is 0.971. The highest BCUT2D eigenvalue weighted by atomic mass is 35.5. The molecule has 1 fully saturated rings. The molecule has 142 valence electrons. The zero-order valence-corrected chi connectivity index (χ0v) is 15.8. The summed E-state index contributed by atoms with van der Waals surface area (Å²) in [5, 5.41) is 18.4. The van der Waals surface area contributed by atoms with E-state index in [1.807, 2.05) is 18.2 Å². The van der Waals surface area contributed by atoms with Crippen LogP contribution >= 0.6 is 11.6 Å². The number of hydrogen-bond acceptors (Lipinski definition) is 4. The van der Waals surface area contributed by atoms with Crippen molar-refractivity contribution >= 4 is 28.9 Å². The Labute approximate surface area is 163 Å². The first kappa shape index (κ1) is 19.0. The number of halogens is 1. The quantitative estimate of drug-likeness (QED) is 0.356. The van der Waals surface area contributed by atoms with Crippen LogP contribution in [0.3, 0.4) is 0 Å². The summed E-state index contributed by atoms with van der Waals surface area (Å²) in [5.74, 6) is 0.631. The van der Waals surface area contributed by atoms with E-state index in [2.05, 4.69) is 26.6 Å². The first-order chi connectivity index (χ1) is 13.1. The maximum atomic E-state index is 11.1. The van der Waals surface area contributed by atoms with E-state index in [4.69, 9.17) is 11.6 Å². The molecular weight excluding hydrogens is 366 g/mol. The van der Waals surface area contributed by atoms with Crippen molar-refractivity contribution in [3.05, 3.63) is 69.2 Å². The molecule has 1 aliphatic rings. The molecule has 0 bridgehead atoms. The van der Waals surface area contributed by atoms with Gasteiger partial charge in [-0.05, 0) is 24.6 Å². The van der Waals surface area contributed by atoms with Crippen molar-refractivity contribution in [2.45, 2.75) is 19.0 Å². The van der Waals surface area contributed by atoms with E-state index in [0.717, 1.165) is 30.2 Å². The molecule has 7 nitrogen and oxygen atoms in total. The van der Waals surface area contributed by atoms with Gasteiger partial charge in [0.1, 0.15) is 0 Å². The summed E-state index contributed by atoms with van der Waals surface area (Å²) in [7, 11) is 1.69. The molecule has 8 heteroatoms. The van der Waals surface area contributed by atoms with Gasteiger partial charge >= 0.3 is 0 Å². The van der Waals surface area contributed by atoms with Gasteiger partial charge in [0.05, 0.1) is 4.92 Å². The molecule has 3 rings (SSSR count). The van der Waals surface area contributed by atoms with Crippen LogP contribution in [0, 0.1) is 10.1 Å². The number of anilines is 1. The molecule has 1 aliphatic heterocycles. The molecule has 0 aliphatic carbocycles. The minimum atomic E-state index is -0.368. The number of guanidine groups is 1. The van der Waals surface area contributed by atoms with Crippen LogP contribution in [-0.2, 0) is 6.54 Å². The Balaban J connectivity index is 1.56. The first-order valence-corrected chi connectivity index (χ1v) is 9.14. The summed E-state index contributed by atoms with van der Waals surface area (Å²) in [4.78, 5) is 17.3. The molecule has 1 unspecified atom stereocenters. The SMILES string of the molecule is CN=C(NCc1ccccc1[N+](=O)[O-])NC1CCN(c2cccc(Cl)c2)C1. The minimum absolute atomic E-state index is 0.105. The number of hydrogen-bond donors (Lipinski definition) is 2. The average Bonchev–Trinajstić information content (AvgIpc) is 3.14. The van der Waals surface area contributed by atoms with E-state index < -0.39 is 0 Å². The number of para-hydroxylation sites is 1. The Morgan fingerprint density at radius 1 is 1.33 bits per heavy atom. The summed E-state index contributed by atoms with van der Waals surface area (Å²) >= 11 is 6.08. The van der Waals surface area contributed by atoms with Gasteiger partial charge in [-0.1, -0.05) is 35.9 Å². The van der Waals surface area contributed by atoms with Gasteiger partial charge in [-0.3, -0.25) is 15.1 Å². The summed E-state index contributed by atoms with van der Waals surface area (Å²) < 4.78 is 0. The normalized spacial score (nSPS) is 17.0. The molecule has 2 N–H and O–H groups in total. The predicted molar refractivity (Wildman–Crippen MR) is 109 cm³/mol. The van der Waals surface area contributed by atoms with Crippen molar-refractivity contribution in [1.29, 1.82) is 0 Å². The maximum Gasteiger partial charge on any atom is 0.274 e. The molecule has 1 saturated heterocycles. The minimum Gasteiger partial charge on any atom is -0.369 e. The van der Waals surface area contributed by atoms with E-state index in [1.54, 1.807) is 25.2 Å². The number of aliphatic imine (C=N–C) groups is 1. The molecule has 1 heterocycles. The van der Waals surface area contributed by atoms with Crippen LogP contribution in [-0.4, -0.2) is 37.1 Å². The lowest BCUT2D eigenvalue weighted by molar-refractivity contribution is -0.385. The standard InChI is InChI=1S/C19H22ClN5O2/c1-21-19(22-12-14-5-2-3-8-18(14)25(26)27)23-16-9-10-24(13-16)17-7-4-6-15(20)11-17/h2-8,11,16H,9-10,12-13H2,1H3,(H2,21,22,23). The van der Waals surface area contributed by atoms with Crippen LogP contribution in [0.5, 0.6) is 0 Å². The van der Waals surface area contributed by atoms with Crippen LogP contribution in [0.1, 0.15) is 12.0 Å². The summed E-state index contributed by atoms with van der Waals surface area (Å²) in [5.41, 5.74) is 1.83. The van der Waals surface area contributed by atoms with E-state index >= 15 is 0 Å². The van der Waals surface area contributed by atoms with Crippen molar-refractivity contribution in [2.75, 3.05) is 25.0 Å². The Hall–Kier alpha value is -2.80. The lowest BCUT2D eigenvalue weighted by atomic mass is 10.2. The van der Waals surface area contributed by atoms with Crippen LogP contribution in [0.4, 0.5) is 11.4 Å². The third-order valence-electron chi connectivity index (χ3n) is 4.56. The summed E-state index contributed by atoms with van der Waals surface area (Å²) in [6.45, 7) is 2.10. The van der Waals surface area contributed by atoms with Crippen molar-refractivity contribution in [3.8, 4) is 0 Å². The molecule has 1 atom stereocenters. The molecule has 2 aromatic rings. The van der Waals surface area contributed by atoms with Crippen molar-refractivity contribution < 1.29 is 4.92 Å².